The Labute approximate surface area is 148 Å². The fraction of sp³-hybridized carbons (Fsp3) is 0.684. The van der Waals surface area contributed by atoms with E-state index in [1.807, 2.05) is 0 Å². The highest BCUT2D eigenvalue weighted by Crippen LogP contribution is 2.60. The van der Waals surface area contributed by atoms with Crippen LogP contribution >= 0.6 is 15.8 Å². The highest BCUT2D eigenvalue weighted by molar-refractivity contribution is 7.73. The molecule has 0 saturated carbocycles. The minimum absolute atomic E-state index is 0.108. The van der Waals surface area contributed by atoms with Crippen LogP contribution in [0.1, 0.15) is 34.6 Å². The molecule has 1 unspecified atom stereocenters. The summed E-state index contributed by atoms with van der Waals surface area (Å²) < 4.78 is 0. The van der Waals surface area contributed by atoms with Crippen molar-refractivity contribution < 1.29 is 15.3 Å². The van der Waals surface area contributed by atoms with E-state index >= 15 is 0 Å². The van der Waals surface area contributed by atoms with E-state index < -0.39 is 28.1 Å². The SMILES string of the molecule is C[C@H]1[C@H](O)[C@H](C)P(c2ccccc2P2[C@@H](C)[C@@H](O)[C@H](O)[C@@H]2C)[C@H]1C. The van der Waals surface area contributed by atoms with Crippen molar-refractivity contribution in [3.8, 4) is 0 Å². The maximum Gasteiger partial charge on any atom is 0.0872 e. The lowest BCUT2D eigenvalue weighted by Crippen LogP contribution is -2.30. The third-order valence-corrected chi connectivity index (χ3v) is 13.3. The molecule has 0 bridgehead atoms. The van der Waals surface area contributed by atoms with Gasteiger partial charge in [0.05, 0.1) is 18.3 Å². The van der Waals surface area contributed by atoms with Crippen LogP contribution in [-0.2, 0) is 0 Å². The van der Waals surface area contributed by atoms with Gasteiger partial charge in [-0.3, -0.25) is 0 Å². The molecular formula is C19H30O3P2. The molecule has 2 aliphatic rings. The van der Waals surface area contributed by atoms with Crippen molar-refractivity contribution in [2.75, 3.05) is 0 Å². The Morgan fingerprint density at radius 3 is 1.38 bits per heavy atom. The Morgan fingerprint density at radius 1 is 0.625 bits per heavy atom. The maximum absolute atomic E-state index is 10.6. The smallest absolute Gasteiger partial charge is 0.0872 e. The summed E-state index contributed by atoms with van der Waals surface area (Å²) in [6, 6.07) is 8.62. The monoisotopic (exact) mass is 368 g/mol. The van der Waals surface area contributed by atoms with Crippen LogP contribution in [0.25, 0.3) is 0 Å². The lowest BCUT2D eigenvalue weighted by molar-refractivity contribution is 0.0327. The number of hydrogen-bond acceptors (Lipinski definition) is 3. The van der Waals surface area contributed by atoms with E-state index in [0.717, 1.165) is 0 Å². The first kappa shape index (κ1) is 18.7. The predicted molar refractivity (Wildman–Crippen MR) is 105 cm³/mol. The van der Waals surface area contributed by atoms with Crippen molar-refractivity contribution in [1.29, 1.82) is 0 Å². The fourth-order valence-corrected chi connectivity index (χ4v) is 12.0. The zero-order valence-electron chi connectivity index (χ0n) is 15.2. The minimum Gasteiger partial charge on any atom is -0.392 e. The molecule has 24 heavy (non-hydrogen) atoms. The topological polar surface area (TPSA) is 60.7 Å². The average Bonchev–Trinajstić information content (AvgIpc) is 2.88. The molecule has 2 aliphatic heterocycles. The Hall–Kier alpha value is -0.0400. The van der Waals surface area contributed by atoms with Crippen molar-refractivity contribution >= 4 is 26.5 Å². The van der Waals surface area contributed by atoms with Crippen molar-refractivity contribution in [3.63, 3.8) is 0 Å². The van der Waals surface area contributed by atoms with Crippen molar-refractivity contribution in [2.24, 2.45) is 5.92 Å². The van der Waals surface area contributed by atoms with E-state index in [1.165, 1.54) is 10.6 Å². The summed E-state index contributed by atoms with van der Waals surface area (Å²) in [6.45, 7) is 10.8. The lowest BCUT2D eigenvalue weighted by atomic mass is 10.0. The van der Waals surface area contributed by atoms with Gasteiger partial charge in [0.1, 0.15) is 0 Å². The Balaban J connectivity index is 2.04. The van der Waals surface area contributed by atoms with Gasteiger partial charge in [-0.05, 0) is 22.2 Å². The summed E-state index contributed by atoms with van der Waals surface area (Å²) in [5.74, 6) is 0.321. The summed E-state index contributed by atoms with van der Waals surface area (Å²) in [5, 5.41) is 34.0. The molecule has 2 heterocycles. The van der Waals surface area contributed by atoms with Crippen LogP contribution in [0.5, 0.6) is 0 Å². The summed E-state index contributed by atoms with van der Waals surface area (Å²) in [5.41, 5.74) is 1.00. The molecule has 0 amide bonds. The highest BCUT2D eigenvalue weighted by Gasteiger charge is 2.48. The molecule has 0 spiro atoms. The summed E-state index contributed by atoms with van der Waals surface area (Å²) >= 11 is 0. The standard InChI is InChI=1S/C19H30O3P2/c1-10-11(2)23(12(3)17(10)20)15-8-6-7-9-16(15)24-13(4)18(21)19(22)14(24)5/h6-14,17-22H,1-5H3/t10-,11+,12+,13+,14+,17+,18-,19-,23?/m1/s1. The second-order valence-electron chi connectivity index (χ2n) is 7.60. The quantitative estimate of drug-likeness (QED) is 0.702. The van der Waals surface area contributed by atoms with Gasteiger partial charge < -0.3 is 15.3 Å². The van der Waals surface area contributed by atoms with Gasteiger partial charge in [-0.1, -0.05) is 74.7 Å². The lowest BCUT2D eigenvalue weighted by Gasteiger charge is -2.30. The van der Waals surface area contributed by atoms with Crippen LogP contribution < -0.4 is 10.6 Å². The summed E-state index contributed by atoms with van der Waals surface area (Å²) in [6.07, 6.45) is -1.49. The molecule has 5 heteroatoms. The zero-order valence-corrected chi connectivity index (χ0v) is 17.0. The highest BCUT2D eigenvalue weighted by atomic mass is 31.1. The molecule has 0 radical (unpaired) electrons. The van der Waals surface area contributed by atoms with Crippen LogP contribution in [0.3, 0.4) is 0 Å². The van der Waals surface area contributed by atoms with Crippen LogP contribution in [0.4, 0.5) is 0 Å². The fourth-order valence-electron chi connectivity index (χ4n) is 4.56. The molecule has 2 saturated heterocycles. The average molecular weight is 368 g/mol. The van der Waals surface area contributed by atoms with E-state index in [0.29, 0.717) is 17.2 Å². The number of aliphatic hydroxyl groups excluding tert-OH is 3. The van der Waals surface area contributed by atoms with Gasteiger partial charge in [-0.15, -0.1) is 0 Å². The molecule has 3 N–H and O–H groups in total. The third-order valence-electron chi connectivity index (χ3n) is 6.33. The van der Waals surface area contributed by atoms with Crippen molar-refractivity contribution in [2.45, 2.75) is 75.6 Å². The van der Waals surface area contributed by atoms with E-state index in [2.05, 4.69) is 58.9 Å². The van der Waals surface area contributed by atoms with Crippen LogP contribution in [0.2, 0.25) is 0 Å². The van der Waals surface area contributed by atoms with Gasteiger partial charge in [0, 0.05) is 17.0 Å². The van der Waals surface area contributed by atoms with Gasteiger partial charge in [0.15, 0.2) is 0 Å². The molecule has 9 atom stereocenters. The molecule has 2 fully saturated rings. The molecule has 134 valence electrons. The Bertz CT molecular complexity index is 517. The number of hydrogen-bond donors (Lipinski definition) is 3. The number of rotatable bonds is 2. The molecular weight excluding hydrogens is 338 g/mol. The molecule has 1 aromatic carbocycles. The van der Waals surface area contributed by atoms with Gasteiger partial charge in [-0.2, -0.15) is 0 Å². The molecule has 1 aromatic rings. The van der Waals surface area contributed by atoms with Gasteiger partial charge in [0.25, 0.3) is 0 Å². The largest absolute Gasteiger partial charge is 0.392 e. The minimum atomic E-state index is -0.630. The third kappa shape index (κ3) is 2.78. The second-order valence-corrected chi connectivity index (χ2v) is 13.4. The van der Waals surface area contributed by atoms with Crippen LogP contribution in [-0.4, -0.2) is 56.3 Å². The van der Waals surface area contributed by atoms with Crippen LogP contribution in [0, 0.1) is 5.92 Å². The van der Waals surface area contributed by atoms with Gasteiger partial charge in [-0.25, -0.2) is 0 Å². The summed E-state index contributed by atoms with van der Waals surface area (Å²) in [7, 11) is -1.05. The van der Waals surface area contributed by atoms with Gasteiger partial charge >= 0.3 is 0 Å². The number of benzene rings is 1. The first-order valence-corrected chi connectivity index (χ1v) is 11.9. The van der Waals surface area contributed by atoms with E-state index in [4.69, 9.17) is 0 Å². The summed E-state index contributed by atoms with van der Waals surface area (Å²) in [4.78, 5) is 0. The second kappa shape index (κ2) is 6.93. The van der Waals surface area contributed by atoms with Crippen LogP contribution in [0.15, 0.2) is 24.3 Å². The normalized spacial score (nSPS) is 48.8. The number of aliphatic hydroxyl groups is 3. The Kier molecular flexibility index (Phi) is 5.41. The Morgan fingerprint density at radius 2 is 1.00 bits per heavy atom. The first-order chi connectivity index (χ1) is 11.3. The van der Waals surface area contributed by atoms with Crippen molar-refractivity contribution in [3.05, 3.63) is 24.3 Å². The molecule has 0 aliphatic carbocycles. The van der Waals surface area contributed by atoms with Crippen molar-refractivity contribution in [1.82, 2.24) is 0 Å². The zero-order chi connectivity index (χ0) is 17.8. The maximum atomic E-state index is 10.6. The van der Waals surface area contributed by atoms with E-state index in [-0.39, 0.29) is 17.4 Å². The molecule has 3 nitrogen and oxygen atoms in total. The van der Waals surface area contributed by atoms with E-state index in [9.17, 15) is 15.3 Å². The first-order valence-electron chi connectivity index (χ1n) is 8.97. The molecule has 3 rings (SSSR count). The molecule has 0 aromatic heterocycles. The van der Waals surface area contributed by atoms with Gasteiger partial charge in [0.2, 0.25) is 0 Å². The van der Waals surface area contributed by atoms with E-state index in [1.54, 1.807) is 0 Å². The predicted octanol–water partition coefficient (Wildman–Crippen LogP) is 2.20.